The molecule has 2 aromatic heterocycles. The zero-order chi connectivity index (χ0) is 22.2. The number of benzene rings is 2. The van der Waals surface area contributed by atoms with E-state index in [0.717, 1.165) is 36.4 Å². The van der Waals surface area contributed by atoms with Crippen LogP contribution in [0.25, 0.3) is 11.0 Å². The van der Waals surface area contributed by atoms with Gasteiger partial charge in [0.2, 0.25) is 5.95 Å². The molecule has 0 spiro atoms. The van der Waals surface area contributed by atoms with Crippen molar-refractivity contribution < 1.29 is 4.74 Å². The molecule has 1 unspecified atom stereocenters. The van der Waals surface area contributed by atoms with Gasteiger partial charge in [-0.15, -0.1) is 0 Å². The molecule has 4 rings (SSSR count). The molecular weight excluding hydrogens is 400 g/mol. The summed E-state index contributed by atoms with van der Waals surface area (Å²) in [5.74, 6) is 1.37. The number of nitrogens with zero attached hydrogens (tertiary/aromatic N) is 4. The van der Waals surface area contributed by atoms with E-state index in [-0.39, 0.29) is 6.04 Å². The number of nitrogens with one attached hydrogen (secondary N) is 2. The summed E-state index contributed by atoms with van der Waals surface area (Å²) in [5, 5.41) is 12.4. The molecule has 0 aliphatic rings. The van der Waals surface area contributed by atoms with E-state index in [4.69, 9.17) is 14.7 Å². The molecule has 1 atom stereocenters. The first-order valence-electron chi connectivity index (χ1n) is 11.1. The summed E-state index contributed by atoms with van der Waals surface area (Å²) < 4.78 is 7.36. The van der Waals surface area contributed by atoms with Gasteiger partial charge in [0.25, 0.3) is 0 Å². The van der Waals surface area contributed by atoms with Gasteiger partial charge in [0.15, 0.2) is 5.65 Å². The van der Waals surface area contributed by atoms with E-state index < -0.39 is 0 Å². The maximum absolute atomic E-state index is 5.43. The summed E-state index contributed by atoms with van der Waals surface area (Å²) in [6, 6.07) is 20.7. The van der Waals surface area contributed by atoms with E-state index in [0.29, 0.717) is 19.1 Å². The highest BCUT2D eigenvalue weighted by Gasteiger charge is 2.15. The van der Waals surface area contributed by atoms with Crippen LogP contribution < -0.4 is 10.6 Å². The highest BCUT2D eigenvalue weighted by molar-refractivity contribution is 5.87. The van der Waals surface area contributed by atoms with Crippen molar-refractivity contribution in [3.05, 3.63) is 78.0 Å². The number of rotatable bonds is 11. The van der Waals surface area contributed by atoms with Crippen LogP contribution in [-0.2, 0) is 11.3 Å². The monoisotopic (exact) mass is 430 g/mol. The van der Waals surface area contributed by atoms with Crippen molar-refractivity contribution >= 4 is 22.8 Å². The first-order chi connectivity index (χ1) is 15.7. The second-order valence-corrected chi connectivity index (χ2v) is 7.67. The average molecular weight is 431 g/mol. The van der Waals surface area contributed by atoms with Crippen LogP contribution in [0.3, 0.4) is 0 Å². The quantitative estimate of drug-likeness (QED) is 0.330. The minimum Gasteiger partial charge on any atom is -0.382 e. The van der Waals surface area contributed by atoms with Crippen LogP contribution in [-0.4, -0.2) is 39.5 Å². The molecule has 0 aliphatic heterocycles. The molecule has 0 radical (unpaired) electrons. The minimum absolute atomic E-state index is 0.0950. The fourth-order valence-corrected chi connectivity index (χ4v) is 3.57. The average Bonchev–Trinajstić information content (AvgIpc) is 3.23. The standard InChI is InChI=1S/C25H30N6O/c1-3-32-16-10-15-26-25-29-23(28-19(2)21-13-8-5-9-14-21)22-17-27-31(24(22)30-25)18-20-11-6-4-7-12-20/h4-9,11-14,17,19H,3,10,15-16,18H2,1-2H3,(H2,26,28,29,30). The Morgan fingerprint density at radius 3 is 2.50 bits per heavy atom. The SMILES string of the molecule is CCOCCCNc1nc(NC(C)c2ccccc2)c2cnn(Cc3ccccc3)c2n1. The van der Waals surface area contributed by atoms with Crippen molar-refractivity contribution in [2.24, 2.45) is 0 Å². The van der Waals surface area contributed by atoms with Gasteiger partial charge in [0.1, 0.15) is 5.82 Å². The van der Waals surface area contributed by atoms with Gasteiger partial charge >= 0.3 is 0 Å². The van der Waals surface area contributed by atoms with Crippen molar-refractivity contribution in [3.63, 3.8) is 0 Å². The Labute approximate surface area is 188 Å². The van der Waals surface area contributed by atoms with Crippen molar-refractivity contribution in [2.75, 3.05) is 30.4 Å². The summed E-state index contributed by atoms with van der Waals surface area (Å²) in [4.78, 5) is 9.56. The lowest BCUT2D eigenvalue weighted by atomic mass is 10.1. The molecule has 2 aromatic carbocycles. The molecule has 0 fully saturated rings. The summed E-state index contributed by atoms with van der Waals surface area (Å²) in [7, 11) is 0. The van der Waals surface area contributed by atoms with Gasteiger partial charge < -0.3 is 15.4 Å². The number of hydrogen-bond acceptors (Lipinski definition) is 6. The Balaban J connectivity index is 1.62. The van der Waals surface area contributed by atoms with E-state index >= 15 is 0 Å². The molecule has 0 saturated carbocycles. The Bertz CT molecular complexity index is 1110. The lowest BCUT2D eigenvalue weighted by Gasteiger charge is -2.16. The lowest BCUT2D eigenvalue weighted by molar-refractivity contribution is 0.147. The molecule has 0 aliphatic carbocycles. The zero-order valence-corrected chi connectivity index (χ0v) is 18.7. The molecule has 7 nitrogen and oxygen atoms in total. The van der Waals surface area contributed by atoms with E-state index in [1.807, 2.05) is 54.2 Å². The van der Waals surface area contributed by atoms with Crippen LogP contribution in [0.1, 0.15) is 37.4 Å². The number of hydrogen-bond donors (Lipinski definition) is 2. The molecule has 7 heteroatoms. The Hall–Kier alpha value is -3.45. The van der Waals surface area contributed by atoms with E-state index in [9.17, 15) is 0 Å². The first kappa shape index (κ1) is 21.8. The fraction of sp³-hybridized carbons (Fsp3) is 0.320. The van der Waals surface area contributed by atoms with Gasteiger partial charge in [-0.05, 0) is 31.4 Å². The van der Waals surface area contributed by atoms with Crippen LogP contribution in [0.15, 0.2) is 66.9 Å². The maximum atomic E-state index is 5.43. The van der Waals surface area contributed by atoms with Gasteiger partial charge in [-0.1, -0.05) is 60.7 Å². The van der Waals surface area contributed by atoms with E-state index in [2.05, 4.69) is 46.9 Å². The van der Waals surface area contributed by atoms with Crippen LogP contribution >= 0.6 is 0 Å². The molecule has 0 amide bonds. The third-order valence-corrected chi connectivity index (χ3v) is 5.28. The minimum atomic E-state index is 0.0950. The van der Waals surface area contributed by atoms with Crippen LogP contribution in [0.4, 0.5) is 11.8 Å². The second-order valence-electron chi connectivity index (χ2n) is 7.67. The second kappa shape index (κ2) is 10.7. The smallest absolute Gasteiger partial charge is 0.226 e. The van der Waals surface area contributed by atoms with Crippen molar-refractivity contribution in [2.45, 2.75) is 32.9 Å². The van der Waals surface area contributed by atoms with Crippen molar-refractivity contribution in [1.82, 2.24) is 19.7 Å². The first-order valence-corrected chi connectivity index (χ1v) is 11.1. The summed E-state index contributed by atoms with van der Waals surface area (Å²) in [6.45, 7) is 6.97. The Morgan fingerprint density at radius 2 is 1.75 bits per heavy atom. The van der Waals surface area contributed by atoms with Gasteiger partial charge in [-0.25, -0.2) is 4.68 Å². The molecule has 0 bridgehead atoms. The summed E-state index contributed by atoms with van der Waals surface area (Å²) >= 11 is 0. The molecule has 0 saturated heterocycles. The molecule has 166 valence electrons. The van der Waals surface area contributed by atoms with Gasteiger partial charge in [-0.2, -0.15) is 15.1 Å². The molecule has 4 aromatic rings. The largest absolute Gasteiger partial charge is 0.382 e. The van der Waals surface area contributed by atoms with Crippen molar-refractivity contribution in [3.8, 4) is 0 Å². The van der Waals surface area contributed by atoms with Crippen molar-refractivity contribution in [1.29, 1.82) is 0 Å². The van der Waals surface area contributed by atoms with Gasteiger partial charge in [0, 0.05) is 25.8 Å². The maximum Gasteiger partial charge on any atom is 0.226 e. The van der Waals surface area contributed by atoms with Gasteiger partial charge in [0.05, 0.1) is 18.1 Å². The highest BCUT2D eigenvalue weighted by atomic mass is 16.5. The van der Waals surface area contributed by atoms with Gasteiger partial charge in [-0.3, -0.25) is 0 Å². The Kier molecular flexibility index (Phi) is 7.30. The van der Waals surface area contributed by atoms with Crippen LogP contribution in [0.5, 0.6) is 0 Å². The number of fused-ring (bicyclic) bond motifs is 1. The Morgan fingerprint density at radius 1 is 1.00 bits per heavy atom. The number of anilines is 2. The zero-order valence-electron chi connectivity index (χ0n) is 18.7. The van der Waals surface area contributed by atoms with E-state index in [1.165, 1.54) is 11.1 Å². The third-order valence-electron chi connectivity index (χ3n) is 5.28. The lowest BCUT2D eigenvalue weighted by Crippen LogP contribution is -2.13. The predicted molar refractivity (Wildman–Crippen MR) is 129 cm³/mol. The number of ether oxygens (including phenoxy) is 1. The fourth-order valence-electron chi connectivity index (χ4n) is 3.57. The molecule has 2 N–H and O–H groups in total. The van der Waals surface area contributed by atoms with Crippen LogP contribution in [0.2, 0.25) is 0 Å². The molecule has 32 heavy (non-hydrogen) atoms. The van der Waals surface area contributed by atoms with E-state index in [1.54, 1.807) is 0 Å². The normalized spacial score (nSPS) is 12.1. The highest BCUT2D eigenvalue weighted by Crippen LogP contribution is 2.26. The number of aromatic nitrogens is 4. The third kappa shape index (κ3) is 5.42. The summed E-state index contributed by atoms with van der Waals surface area (Å²) in [6.07, 6.45) is 2.74. The summed E-state index contributed by atoms with van der Waals surface area (Å²) in [5.41, 5.74) is 3.18. The van der Waals surface area contributed by atoms with Crippen LogP contribution in [0, 0.1) is 0 Å². The topological polar surface area (TPSA) is 76.9 Å². The predicted octanol–water partition coefficient (Wildman–Crippen LogP) is 4.89. The molecular formula is C25H30N6O. The molecule has 2 heterocycles.